The van der Waals surface area contributed by atoms with Gasteiger partial charge in [0.05, 0.1) is 0 Å². The summed E-state index contributed by atoms with van der Waals surface area (Å²) in [6, 6.07) is 0.472. The highest BCUT2D eigenvalue weighted by molar-refractivity contribution is 4.74. The minimum Gasteiger partial charge on any atom is -0.329 e. The summed E-state index contributed by atoms with van der Waals surface area (Å²) in [6.07, 6.45) is 0. The molecule has 0 aliphatic carbocycles. The second kappa shape index (κ2) is 4.69. The first kappa shape index (κ1) is 9.92. The Morgan fingerprint density at radius 3 is 1.90 bits per heavy atom. The number of nitrogens with one attached hydrogen (secondary N) is 1. The first-order chi connectivity index (χ1) is 4.63. The lowest BCUT2D eigenvalue weighted by Crippen LogP contribution is -2.40. The predicted molar refractivity (Wildman–Crippen MR) is 45.9 cm³/mol. The van der Waals surface area contributed by atoms with Crippen molar-refractivity contribution in [1.29, 1.82) is 0 Å². The SMILES string of the molecule is CNC(CN)C(C)C(C)C. The molecule has 2 atom stereocenters. The maximum Gasteiger partial charge on any atom is 0.0215 e. The van der Waals surface area contributed by atoms with Gasteiger partial charge >= 0.3 is 0 Å². The van der Waals surface area contributed by atoms with Crippen LogP contribution in [0, 0.1) is 11.8 Å². The van der Waals surface area contributed by atoms with Crippen LogP contribution in [-0.4, -0.2) is 19.6 Å². The Morgan fingerprint density at radius 2 is 1.80 bits per heavy atom. The van der Waals surface area contributed by atoms with Crippen LogP contribution >= 0.6 is 0 Å². The molecule has 0 aromatic heterocycles. The van der Waals surface area contributed by atoms with Crippen molar-refractivity contribution in [3.05, 3.63) is 0 Å². The van der Waals surface area contributed by atoms with E-state index in [1.807, 2.05) is 7.05 Å². The largest absolute Gasteiger partial charge is 0.329 e. The van der Waals surface area contributed by atoms with Crippen molar-refractivity contribution < 1.29 is 0 Å². The summed E-state index contributed by atoms with van der Waals surface area (Å²) in [5.41, 5.74) is 5.56. The monoisotopic (exact) mass is 144 g/mol. The normalized spacial score (nSPS) is 17.4. The van der Waals surface area contributed by atoms with E-state index in [-0.39, 0.29) is 0 Å². The molecular formula is C8H20N2. The van der Waals surface area contributed by atoms with Crippen LogP contribution in [0.5, 0.6) is 0 Å². The highest BCUT2D eigenvalue weighted by Crippen LogP contribution is 2.12. The van der Waals surface area contributed by atoms with Crippen molar-refractivity contribution in [2.24, 2.45) is 17.6 Å². The highest BCUT2D eigenvalue weighted by Gasteiger charge is 2.16. The lowest BCUT2D eigenvalue weighted by molar-refractivity contribution is 0.316. The lowest BCUT2D eigenvalue weighted by Gasteiger charge is -2.24. The number of hydrogen-bond acceptors (Lipinski definition) is 2. The minimum atomic E-state index is 0.472. The molecule has 0 rings (SSSR count). The van der Waals surface area contributed by atoms with Crippen LogP contribution < -0.4 is 11.1 Å². The molecule has 0 aromatic rings. The minimum absolute atomic E-state index is 0.472. The third-order valence-corrected chi connectivity index (χ3v) is 2.31. The van der Waals surface area contributed by atoms with E-state index < -0.39 is 0 Å². The van der Waals surface area contributed by atoms with E-state index in [9.17, 15) is 0 Å². The van der Waals surface area contributed by atoms with Crippen LogP contribution in [0.25, 0.3) is 0 Å². The van der Waals surface area contributed by atoms with E-state index in [1.165, 1.54) is 0 Å². The molecule has 0 fully saturated rings. The van der Waals surface area contributed by atoms with E-state index >= 15 is 0 Å². The second-order valence-corrected chi connectivity index (χ2v) is 3.23. The molecule has 2 unspecified atom stereocenters. The molecule has 0 aliphatic rings. The summed E-state index contributed by atoms with van der Waals surface area (Å²) in [5.74, 6) is 1.37. The summed E-state index contributed by atoms with van der Waals surface area (Å²) < 4.78 is 0. The molecule has 0 aliphatic heterocycles. The van der Waals surface area contributed by atoms with Crippen molar-refractivity contribution >= 4 is 0 Å². The summed E-state index contributed by atoms with van der Waals surface area (Å²) in [6.45, 7) is 7.42. The van der Waals surface area contributed by atoms with Crippen LogP contribution in [0.4, 0.5) is 0 Å². The summed E-state index contributed by atoms with van der Waals surface area (Å²) in [4.78, 5) is 0. The van der Waals surface area contributed by atoms with E-state index in [1.54, 1.807) is 0 Å². The van der Waals surface area contributed by atoms with Gasteiger partial charge in [-0.25, -0.2) is 0 Å². The zero-order chi connectivity index (χ0) is 8.15. The molecule has 10 heavy (non-hydrogen) atoms. The molecule has 62 valence electrons. The third kappa shape index (κ3) is 2.67. The van der Waals surface area contributed by atoms with Crippen LogP contribution in [-0.2, 0) is 0 Å². The van der Waals surface area contributed by atoms with Crippen LogP contribution in [0.1, 0.15) is 20.8 Å². The average Bonchev–Trinajstić information content (AvgIpc) is 1.90. The van der Waals surface area contributed by atoms with Gasteiger partial charge in [-0.15, -0.1) is 0 Å². The number of likely N-dealkylation sites (N-methyl/N-ethyl adjacent to an activating group) is 1. The number of hydrogen-bond donors (Lipinski definition) is 2. The molecule has 0 saturated carbocycles. The lowest BCUT2D eigenvalue weighted by atomic mass is 9.90. The molecule has 2 nitrogen and oxygen atoms in total. The highest BCUT2D eigenvalue weighted by atomic mass is 14.9. The van der Waals surface area contributed by atoms with Gasteiger partial charge in [0.25, 0.3) is 0 Å². The molecule has 3 N–H and O–H groups in total. The fourth-order valence-electron chi connectivity index (χ4n) is 1.06. The van der Waals surface area contributed by atoms with E-state index in [2.05, 4.69) is 26.1 Å². The molecule has 2 heteroatoms. The van der Waals surface area contributed by atoms with Gasteiger partial charge in [0.2, 0.25) is 0 Å². The third-order valence-electron chi connectivity index (χ3n) is 2.31. The molecule has 0 saturated heterocycles. The van der Waals surface area contributed by atoms with Gasteiger partial charge < -0.3 is 11.1 Å². The van der Waals surface area contributed by atoms with Crippen molar-refractivity contribution in [3.63, 3.8) is 0 Å². The molecule has 0 bridgehead atoms. The Balaban J connectivity index is 3.76. The first-order valence-corrected chi connectivity index (χ1v) is 4.00. The number of nitrogens with two attached hydrogens (primary N) is 1. The molecule has 0 spiro atoms. The maximum absolute atomic E-state index is 5.56. The Morgan fingerprint density at radius 1 is 1.30 bits per heavy atom. The van der Waals surface area contributed by atoms with E-state index in [0.29, 0.717) is 17.9 Å². The predicted octanol–water partition coefficient (Wildman–Crippen LogP) is 0.825. The fourth-order valence-corrected chi connectivity index (χ4v) is 1.06. The Bertz CT molecular complexity index is 77.3. The van der Waals surface area contributed by atoms with Crippen LogP contribution in [0.3, 0.4) is 0 Å². The van der Waals surface area contributed by atoms with Gasteiger partial charge in [-0.05, 0) is 18.9 Å². The van der Waals surface area contributed by atoms with Gasteiger partial charge in [-0.3, -0.25) is 0 Å². The van der Waals surface area contributed by atoms with E-state index in [4.69, 9.17) is 5.73 Å². The Labute approximate surface area is 64.2 Å². The van der Waals surface area contributed by atoms with Gasteiger partial charge in [0.15, 0.2) is 0 Å². The summed E-state index contributed by atoms with van der Waals surface area (Å²) >= 11 is 0. The molecule has 0 aromatic carbocycles. The first-order valence-electron chi connectivity index (χ1n) is 4.00. The standard InChI is InChI=1S/C8H20N2/c1-6(2)7(3)8(5-9)10-4/h6-8,10H,5,9H2,1-4H3. The topological polar surface area (TPSA) is 38.0 Å². The van der Waals surface area contributed by atoms with Crippen molar-refractivity contribution in [2.75, 3.05) is 13.6 Å². The molecule has 0 heterocycles. The zero-order valence-corrected chi connectivity index (χ0v) is 7.52. The smallest absolute Gasteiger partial charge is 0.0215 e. The van der Waals surface area contributed by atoms with Gasteiger partial charge in [-0.1, -0.05) is 20.8 Å². The molecule has 0 radical (unpaired) electrons. The Kier molecular flexibility index (Phi) is 4.65. The van der Waals surface area contributed by atoms with Gasteiger partial charge in [-0.2, -0.15) is 0 Å². The van der Waals surface area contributed by atoms with E-state index in [0.717, 1.165) is 6.54 Å². The fraction of sp³-hybridized carbons (Fsp3) is 1.00. The average molecular weight is 144 g/mol. The van der Waals surface area contributed by atoms with Gasteiger partial charge in [0, 0.05) is 12.6 Å². The summed E-state index contributed by atoms with van der Waals surface area (Å²) in [7, 11) is 1.97. The van der Waals surface area contributed by atoms with Crippen molar-refractivity contribution in [1.82, 2.24) is 5.32 Å². The van der Waals surface area contributed by atoms with Crippen LogP contribution in [0.2, 0.25) is 0 Å². The maximum atomic E-state index is 5.56. The molecular weight excluding hydrogens is 124 g/mol. The molecule has 0 amide bonds. The number of rotatable bonds is 4. The quantitative estimate of drug-likeness (QED) is 0.613. The second-order valence-electron chi connectivity index (χ2n) is 3.23. The van der Waals surface area contributed by atoms with Crippen molar-refractivity contribution in [3.8, 4) is 0 Å². The van der Waals surface area contributed by atoms with Gasteiger partial charge in [0.1, 0.15) is 0 Å². The van der Waals surface area contributed by atoms with Crippen LogP contribution in [0.15, 0.2) is 0 Å². The zero-order valence-electron chi connectivity index (χ0n) is 7.52. The summed E-state index contributed by atoms with van der Waals surface area (Å²) in [5, 5.41) is 3.21. The Hall–Kier alpha value is -0.0800. The van der Waals surface area contributed by atoms with Crippen molar-refractivity contribution in [2.45, 2.75) is 26.8 Å².